The summed E-state index contributed by atoms with van der Waals surface area (Å²) in [7, 11) is 0. The van der Waals surface area contributed by atoms with Crippen molar-refractivity contribution in [3.05, 3.63) is 28.4 Å². The minimum absolute atomic E-state index is 0.125. The number of nitro groups is 1. The summed E-state index contributed by atoms with van der Waals surface area (Å²) < 4.78 is 0. The van der Waals surface area contributed by atoms with Crippen molar-refractivity contribution in [3.63, 3.8) is 0 Å². The van der Waals surface area contributed by atoms with Gasteiger partial charge in [-0.05, 0) is 30.7 Å². The van der Waals surface area contributed by atoms with Crippen LogP contribution in [0.2, 0.25) is 0 Å². The molecule has 0 aromatic carbocycles. The Morgan fingerprint density at radius 3 is 2.88 bits per heavy atom. The van der Waals surface area contributed by atoms with Gasteiger partial charge in [-0.3, -0.25) is 10.1 Å². The summed E-state index contributed by atoms with van der Waals surface area (Å²) in [6, 6.07) is 3.14. The molecule has 2 heterocycles. The largest absolute Gasteiger partial charge is 0.350 e. The van der Waals surface area contributed by atoms with Gasteiger partial charge in [0.15, 0.2) is 0 Å². The molecule has 0 unspecified atom stereocenters. The molecule has 1 aliphatic carbocycles. The highest BCUT2D eigenvalue weighted by Crippen LogP contribution is 2.53. The minimum Gasteiger partial charge on any atom is -0.350 e. The maximum absolute atomic E-state index is 10.9. The molecule has 1 aromatic rings. The molecule has 84 valence electrons. The normalized spacial score (nSPS) is 21.4. The number of aromatic nitrogens is 1. The molecule has 1 spiro atoms. The van der Waals surface area contributed by atoms with Crippen LogP contribution in [0, 0.1) is 15.5 Å². The van der Waals surface area contributed by atoms with Gasteiger partial charge in [0.05, 0.1) is 4.92 Å². The minimum atomic E-state index is -0.347. The van der Waals surface area contributed by atoms with E-state index >= 15 is 0 Å². The fraction of sp³-hybridized carbons (Fsp3) is 0.545. The molecule has 1 saturated heterocycles. The van der Waals surface area contributed by atoms with Gasteiger partial charge in [0, 0.05) is 25.4 Å². The summed E-state index contributed by atoms with van der Waals surface area (Å²) in [5.74, 6) is 0.538. The maximum Gasteiger partial charge on any atom is 0.311 e. The fourth-order valence-electron chi connectivity index (χ4n) is 2.48. The van der Waals surface area contributed by atoms with Crippen LogP contribution in [-0.4, -0.2) is 23.0 Å². The van der Waals surface area contributed by atoms with E-state index in [-0.39, 0.29) is 10.6 Å². The lowest BCUT2D eigenvalue weighted by Gasteiger charge is -2.16. The van der Waals surface area contributed by atoms with Gasteiger partial charge in [0.2, 0.25) is 5.82 Å². The highest BCUT2D eigenvalue weighted by atomic mass is 16.6. The van der Waals surface area contributed by atoms with Gasteiger partial charge in [-0.15, -0.1) is 0 Å². The standard InChI is InChI=1S/C11H13N3O2/c15-14(16)9-2-1-6-12-10(9)13-7-5-11(8-13)3-4-11/h1-2,6H,3-5,7-8H2. The van der Waals surface area contributed by atoms with Crippen molar-refractivity contribution in [1.29, 1.82) is 0 Å². The van der Waals surface area contributed by atoms with Crippen LogP contribution >= 0.6 is 0 Å². The van der Waals surface area contributed by atoms with Gasteiger partial charge >= 0.3 is 5.69 Å². The van der Waals surface area contributed by atoms with Crippen LogP contribution in [0.4, 0.5) is 11.5 Å². The molecule has 1 saturated carbocycles. The van der Waals surface area contributed by atoms with Crippen LogP contribution in [0.3, 0.4) is 0 Å². The lowest BCUT2D eigenvalue weighted by Crippen LogP contribution is -2.22. The third-order valence-corrected chi connectivity index (χ3v) is 3.66. The highest BCUT2D eigenvalue weighted by Gasteiger charge is 2.48. The first kappa shape index (κ1) is 9.57. The predicted octanol–water partition coefficient (Wildman–Crippen LogP) is 1.98. The van der Waals surface area contributed by atoms with Crippen molar-refractivity contribution < 1.29 is 4.92 Å². The lowest BCUT2D eigenvalue weighted by molar-refractivity contribution is -0.384. The first-order chi connectivity index (χ1) is 7.70. The van der Waals surface area contributed by atoms with Crippen LogP contribution < -0.4 is 4.90 Å². The van der Waals surface area contributed by atoms with E-state index in [9.17, 15) is 10.1 Å². The van der Waals surface area contributed by atoms with Gasteiger partial charge in [0.1, 0.15) is 0 Å². The number of nitrogens with zero attached hydrogens (tertiary/aromatic N) is 3. The van der Waals surface area contributed by atoms with Crippen LogP contribution in [0.5, 0.6) is 0 Å². The Labute approximate surface area is 93.2 Å². The summed E-state index contributed by atoms with van der Waals surface area (Å²) in [5, 5.41) is 10.9. The van der Waals surface area contributed by atoms with Gasteiger partial charge < -0.3 is 4.90 Å². The van der Waals surface area contributed by atoms with Gasteiger partial charge in [-0.1, -0.05) is 0 Å². The molecule has 3 rings (SSSR count). The molecule has 5 nitrogen and oxygen atoms in total. The molecule has 0 bridgehead atoms. The molecule has 5 heteroatoms. The molecule has 0 N–H and O–H groups in total. The van der Waals surface area contributed by atoms with E-state index in [0.717, 1.165) is 19.5 Å². The van der Waals surface area contributed by atoms with Crippen molar-refractivity contribution in [2.45, 2.75) is 19.3 Å². The van der Waals surface area contributed by atoms with Crippen LogP contribution in [-0.2, 0) is 0 Å². The van der Waals surface area contributed by atoms with Crippen molar-refractivity contribution in [1.82, 2.24) is 4.98 Å². The van der Waals surface area contributed by atoms with Crippen LogP contribution in [0.1, 0.15) is 19.3 Å². The molecule has 2 fully saturated rings. The molecule has 1 aromatic heterocycles. The molecule has 2 aliphatic rings. The monoisotopic (exact) mass is 219 g/mol. The van der Waals surface area contributed by atoms with Crippen molar-refractivity contribution in [2.24, 2.45) is 5.41 Å². The van der Waals surface area contributed by atoms with E-state index in [1.54, 1.807) is 12.3 Å². The molecular formula is C11H13N3O2. The van der Waals surface area contributed by atoms with E-state index < -0.39 is 0 Å². The number of pyridine rings is 1. The number of rotatable bonds is 2. The Morgan fingerprint density at radius 1 is 1.44 bits per heavy atom. The Balaban J connectivity index is 1.91. The number of hydrogen-bond acceptors (Lipinski definition) is 4. The lowest BCUT2D eigenvalue weighted by atomic mass is 10.1. The van der Waals surface area contributed by atoms with Crippen molar-refractivity contribution in [3.8, 4) is 0 Å². The zero-order valence-electron chi connectivity index (χ0n) is 8.93. The summed E-state index contributed by atoms with van der Waals surface area (Å²) in [6.45, 7) is 1.84. The Hall–Kier alpha value is -1.65. The van der Waals surface area contributed by atoms with E-state index in [0.29, 0.717) is 11.2 Å². The summed E-state index contributed by atoms with van der Waals surface area (Å²) in [6.07, 6.45) is 5.31. The number of hydrogen-bond donors (Lipinski definition) is 0. The predicted molar refractivity (Wildman–Crippen MR) is 59.4 cm³/mol. The summed E-state index contributed by atoms with van der Waals surface area (Å²) >= 11 is 0. The van der Waals surface area contributed by atoms with Crippen LogP contribution in [0.15, 0.2) is 18.3 Å². The van der Waals surface area contributed by atoms with Gasteiger partial charge in [0.25, 0.3) is 0 Å². The average Bonchev–Trinajstić information content (AvgIpc) is 2.89. The Bertz CT molecular complexity index is 443. The molecule has 0 atom stereocenters. The van der Waals surface area contributed by atoms with E-state index in [1.165, 1.54) is 18.9 Å². The quantitative estimate of drug-likeness (QED) is 0.563. The van der Waals surface area contributed by atoms with E-state index in [4.69, 9.17) is 0 Å². The van der Waals surface area contributed by atoms with Gasteiger partial charge in [-0.25, -0.2) is 4.98 Å². The van der Waals surface area contributed by atoms with Crippen molar-refractivity contribution in [2.75, 3.05) is 18.0 Å². The first-order valence-electron chi connectivity index (χ1n) is 5.55. The maximum atomic E-state index is 10.9. The molecule has 16 heavy (non-hydrogen) atoms. The molecule has 1 aliphatic heterocycles. The highest BCUT2D eigenvalue weighted by molar-refractivity contribution is 5.58. The smallest absolute Gasteiger partial charge is 0.311 e. The Morgan fingerprint density at radius 2 is 2.25 bits per heavy atom. The Kier molecular flexibility index (Phi) is 1.89. The average molecular weight is 219 g/mol. The second-order valence-electron chi connectivity index (χ2n) is 4.77. The third kappa shape index (κ3) is 1.43. The first-order valence-corrected chi connectivity index (χ1v) is 5.55. The molecular weight excluding hydrogens is 206 g/mol. The van der Waals surface area contributed by atoms with E-state index in [2.05, 4.69) is 9.88 Å². The SMILES string of the molecule is O=[N+]([O-])c1cccnc1N1CCC2(CC2)C1. The second kappa shape index (κ2) is 3.17. The van der Waals surface area contributed by atoms with E-state index in [1.807, 2.05) is 0 Å². The zero-order chi connectivity index (χ0) is 11.2. The zero-order valence-corrected chi connectivity index (χ0v) is 8.93. The summed E-state index contributed by atoms with van der Waals surface area (Å²) in [4.78, 5) is 16.8. The second-order valence-corrected chi connectivity index (χ2v) is 4.77. The third-order valence-electron chi connectivity index (χ3n) is 3.66. The fourth-order valence-corrected chi connectivity index (χ4v) is 2.48. The number of anilines is 1. The van der Waals surface area contributed by atoms with Crippen LogP contribution in [0.25, 0.3) is 0 Å². The van der Waals surface area contributed by atoms with Gasteiger partial charge in [-0.2, -0.15) is 0 Å². The topological polar surface area (TPSA) is 59.3 Å². The summed E-state index contributed by atoms with van der Waals surface area (Å²) in [5.41, 5.74) is 0.589. The van der Waals surface area contributed by atoms with Crippen molar-refractivity contribution >= 4 is 11.5 Å². The molecule has 0 amide bonds. The molecule has 0 radical (unpaired) electrons.